The second kappa shape index (κ2) is 11.9. The normalized spacial score (nSPS) is 27.2. The van der Waals surface area contributed by atoms with E-state index in [1.54, 1.807) is 43.3 Å². The second-order valence-corrected chi connectivity index (χ2v) is 14.1. The summed E-state index contributed by atoms with van der Waals surface area (Å²) < 4.78 is 13.8. The summed E-state index contributed by atoms with van der Waals surface area (Å²) in [6.07, 6.45) is 2.45. The lowest BCUT2D eigenvalue weighted by Gasteiger charge is -2.50. The predicted molar refractivity (Wildman–Crippen MR) is 184 cm³/mol. The summed E-state index contributed by atoms with van der Waals surface area (Å²) in [4.78, 5) is 59.4. The highest BCUT2D eigenvalue weighted by Gasteiger charge is 2.70. The lowest BCUT2D eigenvalue weighted by atomic mass is 9.49. The zero-order chi connectivity index (χ0) is 34.9. The van der Waals surface area contributed by atoms with E-state index in [0.29, 0.717) is 33.8 Å². The molecular formula is C40H33ClFN3O5. The number of benzene rings is 4. The summed E-state index contributed by atoms with van der Waals surface area (Å²) in [6, 6.07) is 26.8. The Labute approximate surface area is 293 Å². The molecule has 0 bridgehead atoms. The van der Waals surface area contributed by atoms with Crippen molar-refractivity contribution in [2.45, 2.75) is 37.6 Å². The smallest absolute Gasteiger partial charge is 0.260 e. The number of aryl methyl sites for hydroxylation is 1. The van der Waals surface area contributed by atoms with Gasteiger partial charge in [0.05, 0.1) is 35.4 Å². The number of nitrogens with one attached hydrogen (secondary N) is 1. The highest BCUT2D eigenvalue weighted by Crippen LogP contribution is 2.64. The Bertz CT molecular complexity index is 2090. The molecule has 2 aliphatic heterocycles. The summed E-state index contributed by atoms with van der Waals surface area (Å²) in [7, 11) is 0. The minimum Gasteiger partial charge on any atom is -0.508 e. The first-order valence-corrected chi connectivity index (χ1v) is 17.0. The molecule has 4 aliphatic rings. The van der Waals surface area contributed by atoms with Gasteiger partial charge in [-0.15, -0.1) is 0 Å². The number of allylic oxidation sites excluding steroid dienone is 2. The number of hydrazine groups is 1. The molecule has 8 rings (SSSR count). The Morgan fingerprint density at radius 1 is 0.880 bits per heavy atom. The number of rotatable bonds is 6. The van der Waals surface area contributed by atoms with Crippen LogP contribution >= 0.6 is 11.6 Å². The van der Waals surface area contributed by atoms with Crippen LogP contribution in [0, 0.1) is 36.4 Å². The highest BCUT2D eigenvalue weighted by atomic mass is 35.5. The Kier molecular flexibility index (Phi) is 7.64. The van der Waals surface area contributed by atoms with Gasteiger partial charge in [-0.05, 0) is 90.4 Å². The van der Waals surface area contributed by atoms with E-state index < -0.39 is 52.6 Å². The molecule has 6 atom stereocenters. The molecule has 8 nitrogen and oxygen atoms in total. The van der Waals surface area contributed by atoms with E-state index in [9.17, 15) is 23.9 Å². The van der Waals surface area contributed by atoms with Crippen LogP contribution < -0.4 is 5.43 Å². The first-order valence-electron chi connectivity index (χ1n) is 16.6. The largest absolute Gasteiger partial charge is 0.508 e. The van der Waals surface area contributed by atoms with Crippen molar-refractivity contribution in [2.24, 2.45) is 23.7 Å². The van der Waals surface area contributed by atoms with Gasteiger partial charge in [0, 0.05) is 10.9 Å². The second-order valence-electron chi connectivity index (χ2n) is 13.7. The number of phenols is 1. The first-order chi connectivity index (χ1) is 24.1. The van der Waals surface area contributed by atoms with Crippen molar-refractivity contribution >= 4 is 40.9 Å². The molecular weight excluding hydrogens is 657 g/mol. The Hall–Kier alpha value is -5.28. The Morgan fingerprint density at radius 2 is 1.60 bits per heavy atom. The minimum atomic E-state index is -1.48. The molecule has 10 heteroatoms. The number of halogens is 2. The summed E-state index contributed by atoms with van der Waals surface area (Å²) in [5.41, 5.74) is 5.32. The van der Waals surface area contributed by atoms with Gasteiger partial charge in [-0.3, -0.25) is 29.5 Å². The molecule has 4 amide bonds. The van der Waals surface area contributed by atoms with Gasteiger partial charge in [-0.1, -0.05) is 77.8 Å². The summed E-state index contributed by atoms with van der Waals surface area (Å²) in [5, 5.41) is 12.0. The standard InChI is InChI=1S/C40H33ClFN3O5/c1-22-19-24(7-18-33(22)46)35-29-16-17-30-34(38(49)44(36(30)47)21-23-5-3-2-4-6-23)31(29)20-32-37(48)45(43-28-14-12-27(42)13-15-28)39(50)40(32,35)25-8-10-26(41)11-9-25/h2-16,18-19,30-32,34-35,43,46H,17,20-21H2,1H3/t30-,31+,32-,34-,35-,40+/m0/s1. The fraction of sp³-hybridized carbons (Fsp3) is 0.250. The zero-order valence-corrected chi connectivity index (χ0v) is 27.8. The third-order valence-corrected chi connectivity index (χ3v) is 11.3. The third-order valence-electron chi connectivity index (χ3n) is 11.1. The number of fused-ring (bicyclic) bond motifs is 4. The fourth-order valence-electron chi connectivity index (χ4n) is 8.88. The van der Waals surface area contributed by atoms with Crippen molar-refractivity contribution in [3.05, 3.63) is 142 Å². The SMILES string of the molecule is Cc1cc([C@H]2C3=CC[C@@H]4C(=O)N(Cc5ccccc5)C(=O)[C@@H]4[C@@H]3C[C@H]3C(=O)N(Nc4ccc(F)cc4)C(=O)[C@@]23c2ccc(Cl)cc2)ccc1O. The van der Waals surface area contributed by atoms with Crippen molar-refractivity contribution in [1.82, 2.24) is 9.91 Å². The van der Waals surface area contributed by atoms with E-state index >= 15 is 4.79 Å². The van der Waals surface area contributed by atoms with Gasteiger partial charge >= 0.3 is 0 Å². The number of imide groups is 2. The van der Waals surface area contributed by atoms with Crippen LogP contribution in [0.4, 0.5) is 10.1 Å². The van der Waals surface area contributed by atoms with E-state index in [1.807, 2.05) is 42.5 Å². The maximum atomic E-state index is 15.2. The maximum absolute atomic E-state index is 15.2. The molecule has 3 fully saturated rings. The number of anilines is 1. The quantitative estimate of drug-likeness (QED) is 0.173. The van der Waals surface area contributed by atoms with Crippen LogP contribution in [0.5, 0.6) is 5.75 Å². The number of amides is 4. The molecule has 0 aromatic heterocycles. The van der Waals surface area contributed by atoms with Crippen molar-refractivity contribution in [3.8, 4) is 5.75 Å². The van der Waals surface area contributed by atoms with Gasteiger partial charge in [0.25, 0.3) is 11.8 Å². The van der Waals surface area contributed by atoms with Crippen molar-refractivity contribution in [3.63, 3.8) is 0 Å². The molecule has 50 heavy (non-hydrogen) atoms. The molecule has 2 N–H and O–H groups in total. The number of aromatic hydroxyl groups is 1. The fourth-order valence-corrected chi connectivity index (χ4v) is 9.00. The summed E-state index contributed by atoms with van der Waals surface area (Å²) in [5.74, 6) is -5.41. The Morgan fingerprint density at radius 3 is 2.30 bits per heavy atom. The number of carbonyl (C=O) groups excluding carboxylic acids is 4. The molecule has 2 heterocycles. The van der Waals surface area contributed by atoms with E-state index in [0.717, 1.165) is 16.1 Å². The summed E-state index contributed by atoms with van der Waals surface area (Å²) in [6.45, 7) is 1.92. The number of phenolic OH excluding ortho intramolecular Hbond substituents is 1. The number of likely N-dealkylation sites (tertiary alicyclic amines) is 1. The Balaban J connectivity index is 1.30. The number of hydrogen-bond acceptors (Lipinski definition) is 6. The highest BCUT2D eigenvalue weighted by molar-refractivity contribution is 6.30. The molecule has 4 aromatic carbocycles. The van der Waals surface area contributed by atoms with Crippen LogP contribution in [-0.4, -0.2) is 38.6 Å². The van der Waals surface area contributed by atoms with Crippen LogP contribution in [-0.2, 0) is 31.1 Å². The van der Waals surface area contributed by atoms with Crippen molar-refractivity contribution in [1.29, 1.82) is 0 Å². The van der Waals surface area contributed by atoms with Crippen LogP contribution in [0.3, 0.4) is 0 Å². The molecule has 4 aromatic rings. The average molecular weight is 690 g/mol. The van der Waals surface area contributed by atoms with Crippen molar-refractivity contribution < 1.29 is 28.7 Å². The lowest BCUT2D eigenvalue weighted by molar-refractivity contribution is -0.142. The minimum absolute atomic E-state index is 0.0810. The van der Waals surface area contributed by atoms with Crippen LogP contribution in [0.1, 0.15) is 41.0 Å². The van der Waals surface area contributed by atoms with E-state index in [2.05, 4.69) is 5.43 Å². The van der Waals surface area contributed by atoms with Gasteiger partial charge in [-0.2, -0.15) is 5.01 Å². The summed E-state index contributed by atoms with van der Waals surface area (Å²) >= 11 is 6.35. The van der Waals surface area contributed by atoms with Gasteiger partial charge < -0.3 is 5.11 Å². The third kappa shape index (κ3) is 4.78. The first kappa shape index (κ1) is 32.0. The van der Waals surface area contributed by atoms with Crippen molar-refractivity contribution in [2.75, 3.05) is 5.43 Å². The van der Waals surface area contributed by atoms with Crippen LogP contribution in [0.25, 0.3) is 0 Å². The van der Waals surface area contributed by atoms with E-state index in [1.165, 1.54) is 29.2 Å². The maximum Gasteiger partial charge on any atom is 0.260 e. The predicted octanol–water partition coefficient (Wildman–Crippen LogP) is 6.68. The number of carbonyl (C=O) groups is 4. The van der Waals surface area contributed by atoms with Gasteiger partial charge in [0.15, 0.2) is 0 Å². The topological polar surface area (TPSA) is 107 Å². The zero-order valence-electron chi connectivity index (χ0n) is 27.1. The van der Waals surface area contributed by atoms with Gasteiger partial charge in [0.1, 0.15) is 11.6 Å². The molecule has 252 valence electrons. The molecule has 0 unspecified atom stereocenters. The molecule has 1 saturated carbocycles. The molecule has 0 spiro atoms. The van der Waals surface area contributed by atoms with E-state index in [4.69, 9.17) is 11.6 Å². The van der Waals surface area contributed by atoms with E-state index in [-0.39, 0.29) is 30.5 Å². The number of hydrogen-bond donors (Lipinski definition) is 2. The molecule has 0 radical (unpaired) electrons. The van der Waals surface area contributed by atoms with Gasteiger partial charge in [0.2, 0.25) is 11.8 Å². The number of nitrogens with zero attached hydrogens (tertiary/aromatic N) is 2. The molecule has 2 saturated heterocycles. The van der Waals surface area contributed by atoms with Crippen LogP contribution in [0.2, 0.25) is 5.02 Å². The monoisotopic (exact) mass is 689 g/mol. The van der Waals surface area contributed by atoms with Crippen LogP contribution in [0.15, 0.2) is 109 Å². The average Bonchev–Trinajstić information content (AvgIpc) is 3.48. The van der Waals surface area contributed by atoms with Gasteiger partial charge in [-0.25, -0.2) is 4.39 Å². The lowest BCUT2D eigenvalue weighted by Crippen LogP contribution is -2.53. The molecule has 2 aliphatic carbocycles.